The van der Waals surface area contributed by atoms with Gasteiger partial charge < -0.3 is 9.72 Å². The van der Waals surface area contributed by atoms with Crippen molar-refractivity contribution in [2.45, 2.75) is 25.9 Å². The first-order valence-electron chi connectivity index (χ1n) is 5.15. The monoisotopic (exact) mass is 186 g/mol. The van der Waals surface area contributed by atoms with Crippen LogP contribution in [0.25, 0.3) is 5.52 Å². The van der Waals surface area contributed by atoms with Crippen molar-refractivity contribution in [2.75, 3.05) is 0 Å². The fourth-order valence-corrected chi connectivity index (χ4v) is 2.29. The summed E-state index contributed by atoms with van der Waals surface area (Å²) < 4.78 is 2.23. The van der Waals surface area contributed by atoms with Crippen molar-refractivity contribution in [3.63, 3.8) is 0 Å². The summed E-state index contributed by atoms with van der Waals surface area (Å²) in [5.74, 6) is 0. The molecule has 72 valence electrons. The van der Waals surface area contributed by atoms with E-state index in [-0.39, 0.29) is 0 Å². The molecule has 3 rings (SSSR count). The van der Waals surface area contributed by atoms with Gasteiger partial charge in [0.15, 0.2) is 0 Å². The van der Waals surface area contributed by atoms with E-state index < -0.39 is 0 Å². The fraction of sp³-hybridized carbons (Fsp3) is 0.333. The van der Waals surface area contributed by atoms with Crippen LogP contribution in [0.5, 0.6) is 0 Å². The highest BCUT2D eigenvalue weighted by atomic mass is 14.9. The zero-order chi connectivity index (χ0) is 9.54. The second-order valence-corrected chi connectivity index (χ2v) is 4.11. The summed E-state index contributed by atoms with van der Waals surface area (Å²) in [7, 11) is 0. The molecule has 2 aromatic heterocycles. The predicted octanol–water partition coefficient (Wildman–Crippen LogP) is 1.97. The Labute approximate surface area is 83.6 Å². The molecule has 0 bridgehead atoms. The molecule has 0 saturated heterocycles. The third kappa shape index (κ3) is 1.07. The van der Waals surface area contributed by atoms with E-state index in [0.717, 1.165) is 13.0 Å². The van der Waals surface area contributed by atoms with Crippen LogP contribution in [-0.4, -0.2) is 10.4 Å². The van der Waals surface area contributed by atoms with E-state index in [1.54, 1.807) is 0 Å². The Hall–Kier alpha value is -1.28. The van der Waals surface area contributed by atoms with Gasteiger partial charge in [-0.3, -0.25) is 0 Å². The number of fused-ring (bicyclic) bond motifs is 3. The molecule has 0 saturated carbocycles. The first kappa shape index (κ1) is 8.06. The smallest absolute Gasteiger partial charge is 0.0497 e. The van der Waals surface area contributed by atoms with E-state index in [1.807, 2.05) is 0 Å². The third-order valence-corrected chi connectivity index (χ3v) is 3.04. The lowest BCUT2D eigenvalue weighted by molar-refractivity contribution is 0.517. The minimum atomic E-state index is 0.611. The highest BCUT2D eigenvalue weighted by molar-refractivity contribution is 5.60. The second kappa shape index (κ2) is 2.85. The van der Waals surface area contributed by atoms with Gasteiger partial charge in [-0.2, -0.15) is 0 Å². The van der Waals surface area contributed by atoms with Gasteiger partial charge in [0.1, 0.15) is 0 Å². The predicted molar refractivity (Wildman–Crippen MR) is 57.4 cm³/mol. The van der Waals surface area contributed by atoms with Crippen LogP contribution in [0.3, 0.4) is 0 Å². The molecule has 0 amide bonds. The molecule has 3 heterocycles. The van der Waals surface area contributed by atoms with Crippen molar-refractivity contribution in [2.24, 2.45) is 0 Å². The molecule has 2 heteroatoms. The quantitative estimate of drug-likeness (QED) is 0.665. The van der Waals surface area contributed by atoms with Crippen molar-refractivity contribution >= 4 is 5.52 Å². The summed E-state index contributed by atoms with van der Waals surface area (Å²) in [6, 6.07) is 6.99. The molecule has 0 aliphatic carbocycles. The minimum absolute atomic E-state index is 0.611. The summed E-state index contributed by atoms with van der Waals surface area (Å²) >= 11 is 0. The lowest BCUT2D eigenvalue weighted by atomic mass is 10.0. The summed E-state index contributed by atoms with van der Waals surface area (Å²) in [6.07, 6.45) is 5.54. The number of aromatic nitrogens is 1. The third-order valence-electron chi connectivity index (χ3n) is 3.04. The Morgan fingerprint density at radius 1 is 1.43 bits per heavy atom. The standard InChI is InChI=1S/C12H14N2/c1-9-6-10-8-14-5-3-2-4-12(14)11(10)7-13-9/h2-5,8-9,13H,6-7H2,1H3. The molecular formula is C12H14N2. The lowest BCUT2D eigenvalue weighted by Crippen LogP contribution is -2.32. The van der Waals surface area contributed by atoms with Crippen molar-refractivity contribution in [3.05, 3.63) is 41.7 Å². The van der Waals surface area contributed by atoms with Crippen LogP contribution < -0.4 is 5.32 Å². The average Bonchev–Trinajstić information content (AvgIpc) is 2.54. The molecule has 1 aliphatic rings. The van der Waals surface area contributed by atoms with Crippen LogP contribution in [0, 0.1) is 0 Å². The Bertz CT molecular complexity index is 470. The Morgan fingerprint density at radius 2 is 2.36 bits per heavy atom. The Kier molecular flexibility index (Phi) is 1.64. The normalized spacial score (nSPS) is 21.1. The summed E-state index contributed by atoms with van der Waals surface area (Å²) in [5, 5.41) is 3.50. The number of hydrogen-bond donors (Lipinski definition) is 1. The van der Waals surface area contributed by atoms with Crippen molar-refractivity contribution in [1.82, 2.24) is 9.72 Å². The number of nitrogens with zero attached hydrogens (tertiary/aromatic N) is 1. The number of hydrogen-bond acceptors (Lipinski definition) is 1. The van der Waals surface area contributed by atoms with E-state index in [4.69, 9.17) is 0 Å². The van der Waals surface area contributed by atoms with Gasteiger partial charge in [-0.25, -0.2) is 0 Å². The molecular weight excluding hydrogens is 172 g/mol. The first-order chi connectivity index (χ1) is 6.84. The molecule has 0 spiro atoms. The Balaban J connectivity index is 2.24. The highest BCUT2D eigenvalue weighted by Gasteiger charge is 2.17. The van der Waals surface area contributed by atoms with Gasteiger partial charge >= 0.3 is 0 Å². The van der Waals surface area contributed by atoms with Gasteiger partial charge in [0.05, 0.1) is 0 Å². The van der Waals surface area contributed by atoms with Gasteiger partial charge in [-0.1, -0.05) is 6.07 Å². The summed E-state index contributed by atoms with van der Waals surface area (Å²) in [6.45, 7) is 3.25. The summed E-state index contributed by atoms with van der Waals surface area (Å²) in [5.41, 5.74) is 4.33. The van der Waals surface area contributed by atoms with Crippen LogP contribution in [0.1, 0.15) is 18.1 Å². The SMILES string of the molecule is CC1Cc2cn3ccccc3c2CN1. The second-order valence-electron chi connectivity index (χ2n) is 4.11. The summed E-state index contributed by atoms with van der Waals surface area (Å²) in [4.78, 5) is 0. The van der Waals surface area contributed by atoms with Gasteiger partial charge in [0.2, 0.25) is 0 Å². The maximum atomic E-state index is 3.50. The van der Waals surface area contributed by atoms with Gasteiger partial charge in [0.25, 0.3) is 0 Å². The highest BCUT2D eigenvalue weighted by Crippen LogP contribution is 2.23. The molecule has 2 aromatic rings. The zero-order valence-corrected chi connectivity index (χ0v) is 8.33. The number of nitrogens with one attached hydrogen (secondary N) is 1. The van der Waals surface area contributed by atoms with Crippen LogP contribution in [0.2, 0.25) is 0 Å². The van der Waals surface area contributed by atoms with Gasteiger partial charge in [-0.15, -0.1) is 0 Å². The van der Waals surface area contributed by atoms with Gasteiger partial charge in [-0.05, 0) is 36.6 Å². The van der Waals surface area contributed by atoms with Crippen LogP contribution >= 0.6 is 0 Å². The molecule has 0 aromatic carbocycles. The molecule has 1 aliphatic heterocycles. The van der Waals surface area contributed by atoms with Crippen molar-refractivity contribution in [1.29, 1.82) is 0 Å². The largest absolute Gasteiger partial charge is 0.323 e. The van der Waals surface area contributed by atoms with E-state index in [2.05, 4.69) is 47.2 Å². The molecule has 14 heavy (non-hydrogen) atoms. The molecule has 0 radical (unpaired) electrons. The van der Waals surface area contributed by atoms with E-state index in [9.17, 15) is 0 Å². The zero-order valence-electron chi connectivity index (χ0n) is 8.33. The number of pyridine rings is 1. The molecule has 1 atom stereocenters. The molecule has 1 N–H and O–H groups in total. The molecule has 1 unspecified atom stereocenters. The molecule has 2 nitrogen and oxygen atoms in total. The van der Waals surface area contributed by atoms with Gasteiger partial charge in [0, 0.05) is 30.5 Å². The average molecular weight is 186 g/mol. The fourth-order valence-electron chi connectivity index (χ4n) is 2.29. The van der Waals surface area contributed by atoms with Crippen LogP contribution in [0.15, 0.2) is 30.6 Å². The molecule has 0 fully saturated rings. The first-order valence-corrected chi connectivity index (χ1v) is 5.15. The minimum Gasteiger partial charge on any atom is -0.323 e. The maximum Gasteiger partial charge on any atom is 0.0497 e. The van der Waals surface area contributed by atoms with E-state index in [0.29, 0.717) is 6.04 Å². The topological polar surface area (TPSA) is 16.4 Å². The van der Waals surface area contributed by atoms with Crippen molar-refractivity contribution in [3.8, 4) is 0 Å². The van der Waals surface area contributed by atoms with Crippen LogP contribution in [0.4, 0.5) is 0 Å². The van der Waals surface area contributed by atoms with E-state index in [1.165, 1.54) is 16.6 Å². The Morgan fingerprint density at radius 3 is 3.29 bits per heavy atom. The lowest BCUT2D eigenvalue weighted by Gasteiger charge is -2.19. The van der Waals surface area contributed by atoms with E-state index >= 15 is 0 Å². The van der Waals surface area contributed by atoms with Crippen LogP contribution in [-0.2, 0) is 13.0 Å². The maximum absolute atomic E-state index is 3.50. The van der Waals surface area contributed by atoms with Crippen molar-refractivity contribution < 1.29 is 0 Å². The number of rotatable bonds is 0.